The summed E-state index contributed by atoms with van der Waals surface area (Å²) in [7, 11) is 1.66. The van der Waals surface area contributed by atoms with Crippen LogP contribution in [0.25, 0.3) is 6.08 Å². The SMILES string of the molecule is COCN1c2cc(Cn3cnc(/C=C(\C)C(=O)O)c3C)ccc2Sc2nccnc21. The second-order valence-electron chi connectivity index (χ2n) is 6.91. The van der Waals surface area contributed by atoms with Gasteiger partial charge in [-0.1, -0.05) is 17.8 Å². The highest BCUT2D eigenvalue weighted by molar-refractivity contribution is 7.99. The fourth-order valence-electron chi connectivity index (χ4n) is 3.24. The zero-order valence-electron chi connectivity index (χ0n) is 16.9. The molecule has 0 saturated carbocycles. The number of anilines is 2. The van der Waals surface area contributed by atoms with Crippen molar-refractivity contribution in [2.75, 3.05) is 18.7 Å². The van der Waals surface area contributed by atoms with Gasteiger partial charge in [0.15, 0.2) is 5.82 Å². The van der Waals surface area contributed by atoms with Crippen molar-refractivity contribution in [3.8, 4) is 0 Å². The van der Waals surface area contributed by atoms with E-state index in [0.717, 1.165) is 32.7 Å². The molecule has 0 atom stereocenters. The van der Waals surface area contributed by atoms with Crippen molar-refractivity contribution in [1.82, 2.24) is 19.5 Å². The second-order valence-corrected chi connectivity index (χ2v) is 7.94. The van der Waals surface area contributed by atoms with Crippen LogP contribution in [0.15, 0.2) is 52.4 Å². The number of aliphatic carboxylic acids is 1. The number of fused-ring (bicyclic) bond motifs is 2. The molecule has 0 radical (unpaired) electrons. The highest BCUT2D eigenvalue weighted by atomic mass is 32.2. The summed E-state index contributed by atoms with van der Waals surface area (Å²) in [4.78, 5) is 27.5. The standard InChI is InChI=1S/C21H21N5O3S/c1-13(21(27)28)8-16-14(2)25(11-24-16)10-15-4-5-18-17(9-15)26(12-29-3)19-20(30-18)23-7-6-22-19/h4-9,11H,10,12H2,1-3H3,(H,27,28)/b13-8+. The third-order valence-electron chi connectivity index (χ3n) is 4.86. The molecule has 0 fully saturated rings. The Kier molecular flexibility index (Phi) is 5.56. The summed E-state index contributed by atoms with van der Waals surface area (Å²) in [5.74, 6) is -0.165. The number of carboxylic acid groups (broad SMARTS) is 1. The van der Waals surface area contributed by atoms with Crippen molar-refractivity contribution < 1.29 is 14.6 Å². The lowest BCUT2D eigenvalue weighted by molar-refractivity contribution is -0.132. The Morgan fingerprint density at radius 2 is 2.07 bits per heavy atom. The number of imidazole rings is 1. The average molecular weight is 423 g/mol. The van der Waals surface area contributed by atoms with Crippen LogP contribution in [-0.2, 0) is 16.1 Å². The van der Waals surface area contributed by atoms with Gasteiger partial charge in [0, 0.05) is 42.2 Å². The summed E-state index contributed by atoms with van der Waals surface area (Å²) < 4.78 is 7.42. The Balaban J connectivity index is 1.65. The normalized spacial score (nSPS) is 13.2. The Morgan fingerprint density at radius 3 is 2.83 bits per heavy atom. The van der Waals surface area contributed by atoms with E-state index in [1.807, 2.05) is 16.4 Å². The minimum Gasteiger partial charge on any atom is -0.478 e. The average Bonchev–Trinajstić information content (AvgIpc) is 3.07. The predicted molar refractivity (Wildman–Crippen MR) is 114 cm³/mol. The zero-order valence-corrected chi connectivity index (χ0v) is 17.7. The maximum Gasteiger partial charge on any atom is 0.331 e. The van der Waals surface area contributed by atoms with Crippen LogP contribution >= 0.6 is 11.8 Å². The lowest BCUT2D eigenvalue weighted by Crippen LogP contribution is -2.24. The van der Waals surface area contributed by atoms with Gasteiger partial charge in [0.25, 0.3) is 0 Å². The van der Waals surface area contributed by atoms with E-state index in [-0.39, 0.29) is 5.57 Å². The molecule has 0 unspecified atom stereocenters. The molecule has 3 aromatic rings. The van der Waals surface area contributed by atoms with Gasteiger partial charge >= 0.3 is 5.97 Å². The van der Waals surface area contributed by atoms with Gasteiger partial charge in [-0.3, -0.25) is 4.90 Å². The third-order valence-corrected chi connectivity index (χ3v) is 5.91. The molecular weight excluding hydrogens is 402 g/mol. The maximum atomic E-state index is 11.1. The minimum atomic E-state index is -0.947. The van der Waals surface area contributed by atoms with Gasteiger partial charge in [0.05, 0.1) is 17.7 Å². The van der Waals surface area contributed by atoms with E-state index >= 15 is 0 Å². The fraction of sp³-hybridized carbons (Fsp3) is 0.238. The minimum absolute atomic E-state index is 0.254. The number of hydrogen-bond donors (Lipinski definition) is 1. The molecule has 9 heteroatoms. The highest BCUT2D eigenvalue weighted by Gasteiger charge is 2.25. The van der Waals surface area contributed by atoms with Crippen LogP contribution in [0.5, 0.6) is 0 Å². The first-order chi connectivity index (χ1) is 14.5. The van der Waals surface area contributed by atoms with Crippen LogP contribution < -0.4 is 4.90 Å². The molecule has 2 aromatic heterocycles. The predicted octanol–water partition coefficient (Wildman–Crippen LogP) is 3.72. The van der Waals surface area contributed by atoms with Gasteiger partial charge in [-0.05, 0) is 37.6 Å². The molecule has 30 heavy (non-hydrogen) atoms. The molecule has 0 spiro atoms. The van der Waals surface area contributed by atoms with E-state index in [9.17, 15) is 4.79 Å². The zero-order chi connectivity index (χ0) is 21.3. The van der Waals surface area contributed by atoms with E-state index in [0.29, 0.717) is 19.0 Å². The monoisotopic (exact) mass is 423 g/mol. The number of nitrogens with zero attached hydrogens (tertiary/aromatic N) is 5. The quantitative estimate of drug-likeness (QED) is 0.600. The van der Waals surface area contributed by atoms with Crippen molar-refractivity contribution in [3.05, 3.63) is 59.4 Å². The molecule has 3 heterocycles. The topological polar surface area (TPSA) is 93.4 Å². The van der Waals surface area contributed by atoms with Gasteiger partial charge in [-0.15, -0.1) is 0 Å². The summed E-state index contributed by atoms with van der Waals surface area (Å²) in [6, 6.07) is 6.28. The first-order valence-electron chi connectivity index (χ1n) is 9.29. The molecule has 0 amide bonds. The van der Waals surface area contributed by atoms with Crippen LogP contribution in [0.2, 0.25) is 0 Å². The molecule has 154 valence electrons. The van der Waals surface area contributed by atoms with Crippen LogP contribution in [-0.4, -0.2) is 44.4 Å². The molecule has 1 aromatic carbocycles. The Hall–Kier alpha value is -3.17. The molecule has 0 saturated heterocycles. The van der Waals surface area contributed by atoms with E-state index in [1.165, 1.54) is 0 Å². The van der Waals surface area contributed by atoms with E-state index < -0.39 is 5.97 Å². The van der Waals surface area contributed by atoms with Crippen LogP contribution in [0.4, 0.5) is 11.5 Å². The number of carboxylic acids is 1. The lowest BCUT2D eigenvalue weighted by atomic mass is 10.1. The molecule has 4 rings (SSSR count). The van der Waals surface area contributed by atoms with Gasteiger partial charge in [0.2, 0.25) is 0 Å². The molecule has 0 aliphatic carbocycles. The molecular formula is C21H21N5O3S. The summed E-state index contributed by atoms with van der Waals surface area (Å²) in [5, 5.41) is 9.95. The van der Waals surface area contributed by atoms with Gasteiger partial charge in [-0.25, -0.2) is 19.7 Å². The summed E-state index contributed by atoms with van der Waals surface area (Å²) >= 11 is 1.59. The van der Waals surface area contributed by atoms with Gasteiger partial charge in [-0.2, -0.15) is 0 Å². The Bertz CT molecular complexity index is 1140. The number of benzene rings is 1. The van der Waals surface area contributed by atoms with Gasteiger partial charge < -0.3 is 14.4 Å². The number of methoxy groups -OCH3 is 1. The van der Waals surface area contributed by atoms with Crippen molar-refractivity contribution in [1.29, 1.82) is 0 Å². The molecule has 1 aliphatic rings. The largest absolute Gasteiger partial charge is 0.478 e. The lowest BCUT2D eigenvalue weighted by Gasteiger charge is -2.30. The Labute approximate surface area is 178 Å². The van der Waals surface area contributed by atoms with Crippen molar-refractivity contribution >= 4 is 35.3 Å². The molecule has 8 nitrogen and oxygen atoms in total. The van der Waals surface area contributed by atoms with Crippen molar-refractivity contribution in [2.45, 2.75) is 30.3 Å². The number of rotatable bonds is 6. The molecule has 1 aliphatic heterocycles. The fourth-order valence-corrected chi connectivity index (χ4v) is 4.22. The van der Waals surface area contributed by atoms with E-state index in [4.69, 9.17) is 9.84 Å². The highest BCUT2D eigenvalue weighted by Crippen LogP contribution is 2.46. The summed E-state index contributed by atoms with van der Waals surface area (Å²) in [6.45, 7) is 4.49. The molecule has 0 bridgehead atoms. The van der Waals surface area contributed by atoms with Crippen LogP contribution in [0, 0.1) is 6.92 Å². The van der Waals surface area contributed by atoms with Crippen LogP contribution in [0.1, 0.15) is 23.9 Å². The number of carbonyl (C=O) groups is 1. The van der Waals surface area contributed by atoms with Gasteiger partial charge in [0.1, 0.15) is 11.8 Å². The smallest absolute Gasteiger partial charge is 0.331 e. The first-order valence-corrected chi connectivity index (χ1v) is 10.1. The van der Waals surface area contributed by atoms with Crippen molar-refractivity contribution in [3.63, 3.8) is 0 Å². The van der Waals surface area contributed by atoms with Crippen molar-refractivity contribution in [2.24, 2.45) is 0 Å². The van der Waals surface area contributed by atoms with E-state index in [2.05, 4.69) is 33.2 Å². The summed E-state index contributed by atoms with van der Waals surface area (Å²) in [5.41, 5.74) is 3.94. The second kappa shape index (κ2) is 8.29. The number of hydrogen-bond acceptors (Lipinski definition) is 7. The number of aromatic nitrogens is 4. The molecule has 1 N–H and O–H groups in total. The Morgan fingerprint density at radius 1 is 1.27 bits per heavy atom. The maximum absolute atomic E-state index is 11.1. The van der Waals surface area contributed by atoms with Crippen LogP contribution in [0.3, 0.4) is 0 Å². The summed E-state index contributed by atoms with van der Waals surface area (Å²) in [6.07, 6.45) is 6.70. The third kappa shape index (κ3) is 3.81. The first kappa shape index (κ1) is 20.1. The van der Waals surface area contributed by atoms with E-state index in [1.54, 1.807) is 50.6 Å². The number of ether oxygens (including phenoxy) is 1.